The molecule has 0 amide bonds. The van der Waals surface area contributed by atoms with Crippen molar-refractivity contribution < 1.29 is 13.3 Å². The number of aromatic nitrogens is 1. The summed E-state index contributed by atoms with van der Waals surface area (Å²) in [7, 11) is 3.75. The first kappa shape index (κ1) is 42.2. The zero-order valence-corrected chi connectivity index (χ0v) is 30.6. The second-order valence-electron chi connectivity index (χ2n) is 13.1. The molecule has 1 saturated heterocycles. The van der Waals surface area contributed by atoms with E-state index in [4.69, 9.17) is 0 Å². The largest absolute Gasteiger partial charge is 0.391 e. The highest BCUT2D eigenvalue weighted by molar-refractivity contribution is 5.48. The van der Waals surface area contributed by atoms with E-state index in [1.54, 1.807) is 18.2 Å². The Labute approximate surface area is 287 Å². The Hall–Kier alpha value is -2.83. The van der Waals surface area contributed by atoms with Crippen molar-refractivity contribution in [2.75, 3.05) is 27.2 Å². The predicted molar refractivity (Wildman–Crippen MR) is 200 cm³/mol. The van der Waals surface area contributed by atoms with Gasteiger partial charge in [-0.3, -0.25) is 4.90 Å². The molecule has 0 radical (unpaired) electrons. The van der Waals surface area contributed by atoms with Crippen LogP contribution in [0.4, 0.5) is 8.78 Å². The monoisotopic (exact) mass is 654 g/mol. The predicted octanol–water partition coefficient (Wildman–Crippen LogP) is 10.1. The van der Waals surface area contributed by atoms with E-state index in [0.717, 1.165) is 31.5 Å². The van der Waals surface area contributed by atoms with Gasteiger partial charge in [-0.1, -0.05) is 71.0 Å². The van der Waals surface area contributed by atoms with Crippen molar-refractivity contribution in [1.82, 2.24) is 15.5 Å². The van der Waals surface area contributed by atoms with Crippen LogP contribution in [-0.2, 0) is 5.92 Å². The number of benzene rings is 1. The van der Waals surface area contributed by atoms with E-state index < -0.39 is 5.92 Å². The minimum Gasteiger partial charge on any atom is -0.391 e. The Morgan fingerprint density at radius 2 is 1.68 bits per heavy atom. The van der Waals surface area contributed by atoms with E-state index in [1.165, 1.54) is 88.4 Å². The van der Waals surface area contributed by atoms with Gasteiger partial charge in [-0.25, -0.2) is 13.3 Å². The number of halogens is 2. The van der Waals surface area contributed by atoms with Crippen LogP contribution >= 0.6 is 0 Å². The van der Waals surface area contributed by atoms with E-state index >= 15 is 0 Å². The molecule has 2 fully saturated rings. The van der Waals surface area contributed by atoms with Gasteiger partial charge in [-0.05, 0) is 94.9 Å². The lowest BCUT2D eigenvalue weighted by Gasteiger charge is -2.37. The van der Waals surface area contributed by atoms with Crippen LogP contribution < -0.4 is 15.2 Å². The summed E-state index contributed by atoms with van der Waals surface area (Å²) < 4.78 is 28.0. The number of pyridine rings is 1. The summed E-state index contributed by atoms with van der Waals surface area (Å²) in [5.74, 6) is -1.23. The summed E-state index contributed by atoms with van der Waals surface area (Å²) in [6, 6.07) is 13.2. The molecule has 2 aliphatic rings. The fourth-order valence-electron chi connectivity index (χ4n) is 7.03. The Balaban J connectivity index is 0.000000539. The van der Waals surface area contributed by atoms with Gasteiger partial charge in [0.05, 0.1) is 0 Å². The van der Waals surface area contributed by atoms with E-state index in [-0.39, 0.29) is 5.56 Å². The molecule has 1 aliphatic carbocycles. The summed E-state index contributed by atoms with van der Waals surface area (Å²) in [5, 5.41) is 6.03. The van der Waals surface area contributed by atoms with Gasteiger partial charge in [0.25, 0.3) is 5.92 Å². The molecule has 0 spiro atoms. The fourth-order valence-corrected chi connectivity index (χ4v) is 7.03. The smallest absolute Gasteiger partial charge is 0.270 e. The first-order valence-electron chi connectivity index (χ1n) is 17.9. The highest BCUT2D eigenvalue weighted by Gasteiger charge is 2.38. The number of alkyl halides is 2. The second-order valence-corrected chi connectivity index (χ2v) is 13.1. The normalized spacial score (nSPS) is 21.4. The first-order chi connectivity index (χ1) is 22.6. The zero-order valence-electron chi connectivity index (χ0n) is 30.6. The number of hydrogen-bond donors (Lipinski definition) is 2. The summed E-state index contributed by atoms with van der Waals surface area (Å²) >= 11 is 0. The molecule has 2 heterocycles. The van der Waals surface area contributed by atoms with E-state index in [9.17, 15) is 8.78 Å². The Kier molecular flexibility index (Phi) is 21.1. The average Bonchev–Trinajstić information content (AvgIpc) is 3.45. The molecule has 4 rings (SSSR count). The molecule has 3 atom stereocenters. The van der Waals surface area contributed by atoms with Crippen LogP contribution in [0, 0.1) is 5.92 Å². The third kappa shape index (κ3) is 14.4. The number of nitrogens with one attached hydrogen (secondary N) is 2. The zero-order chi connectivity index (χ0) is 35.2. The molecule has 264 valence electrons. The fraction of sp³-hybridized carbons (Fsp3) is 0.585. The molecule has 0 bridgehead atoms. The second kappa shape index (κ2) is 23.5. The van der Waals surface area contributed by atoms with Crippen molar-refractivity contribution >= 4 is 6.08 Å². The molecule has 4 nitrogen and oxygen atoms in total. The van der Waals surface area contributed by atoms with Crippen LogP contribution in [0.5, 0.6) is 0 Å². The quantitative estimate of drug-likeness (QED) is 0.128. The minimum atomic E-state index is -2.76. The molecule has 1 saturated carbocycles. The molecule has 3 unspecified atom stereocenters. The Morgan fingerprint density at radius 1 is 1.00 bits per heavy atom. The Bertz CT molecular complexity index is 1120. The topological polar surface area (TPSA) is 31.2 Å². The molecule has 1 aromatic carbocycles. The average molecular weight is 654 g/mol. The lowest BCUT2D eigenvalue weighted by molar-refractivity contribution is -0.726. The van der Waals surface area contributed by atoms with Gasteiger partial charge >= 0.3 is 0 Å². The molecule has 6 heteroatoms. The van der Waals surface area contributed by atoms with Crippen LogP contribution in [0.25, 0.3) is 6.08 Å². The Morgan fingerprint density at radius 3 is 2.26 bits per heavy atom. The minimum absolute atomic E-state index is 0.0277. The van der Waals surface area contributed by atoms with Gasteiger partial charge in [-0.2, -0.15) is 0 Å². The summed E-state index contributed by atoms with van der Waals surface area (Å²) in [5.41, 5.74) is 2.26. The first-order valence-corrected chi connectivity index (χ1v) is 17.9. The molecular weight excluding hydrogens is 586 g/mol. The van der Waals surface area contributed by atoms with Gasteiger partial charge in [0.1, 0.15) is 0 Å². The standard InChI is InChI=1S/C27H46N3.C10H10F2.C2H7N.C2H4/c1-5-9-23(16-18-28-7-3)24-11-8-19-29(21-24)25-12-14-26(15-13-25)30-20-17-22(4)27(30)10-6-2;1-3-8-5-4-6-9(7-8)10(2,11)12;1-3-2;1-2/h7-8,11,19,21-23,25-28H,3,5-6,9-10,12-18,20H2,1-2,4H3;3-7H,1H2,2H3;3H,1-2H3;1-2H2/q+1;;;. The lowest BCUT2D eigenvalue weighted by atomic mass is 9.88. The van der Waals surface area contributed by atoms with Crippen molar-refractivity contribution in [3.05, 3.63) is 98.0 Å². The number of nitrogens with zero attached hydrogens (tertiary/aromatic N) is 2. The highest BCUT2D eigenvalue weighted by atomic mass is 19.3. The van der Waals surface area contributed by atoms with Crippen LogP contribution in [0.15, 0.2) is 81.3 Å². The van der Waals surface area contributed by atoms with Gasteiger partial charge in [-0.15, -0.1) is 13.2 Å². The summed E-state index contributed by atoms with van der Waals surface area (Å²) in [6.45, 7) is 23.7. The maximum Gasteiger partial charge on any atom is 0.270 e. The number of rotatable bonds is 13. The van der Waals surface area contributed by atoms with Gasteiger partial charge in [0, 0.05) is 55.6 Å². The van der Waals surface area contributed by atoms with Crippen LogP contribution in [0.3, 0.4) is 0 Å². The van der Waals surface area contributed by atoms with Crippen LogP contribution in [0.2, 0.25) is 0 Å². The summed E-state index contributed by atoms with van der Waals surface area (Å²) in [6.07, 6.45) is 21.4. The van der Waals surface area contributed by atoms with Crippen molar-refractivity contribution in [2.24, 2.45) is 5.92 Å². The van der Waals surface area contributed by atoms with Crippen LogP contribution in [-0.4, -0.2) is 44.2 Å². The molecule has 1 aliphatic heterocycles. The highest BCUT2D eigenvalue weighted by Crippen LogP contribution is 2.36. The third-order valence-electron chi connectivity index (χ3n) is 9.43. The number of hydrogen-bond acceptors (Lipinski definition) is 3. The SMILES string of the molecule is C=C.C=CNCCC(CCC)c1ccc[n+](C2CCC(N3CCC(C)C3CCC)CC2)c1.C=Cc1cccc(C(C)(F)F)c1.CNC. The lowest BCUT2D eigenvalue weighted by Crippen LogP contribution is -2.47. The maximum atomic E-state index is 12.7. The van der Waals surface area contributed by atoms with E-state index in [1.807, 2.05) is 20.3 Å². The van der Waals surface area contributed by atoms with Crippen molar-refractivity contribution in [3.8, 4) is 0 Å². The molecule has 47 heavy (non-hydrogen) atoms. The molecular formula is C41H67F2N4+. The van der Waals surface area contributed by atoms with E-state index in [2.05, 4.69) is 91.7 Å². The van der Waals surface area contributed by atoms with Gasteiger partial charge in [0.2, 0.25) is 0 Å². The van der Waals surface area contributed by atoms with E-state index in [0.29, 0.717) is 17.5 Å². The summed E-state index contributed by atoms with van der Waals surface area (Å²) in [4.78, 5) is 2.90. The van der Waals surface area contributed by atoms with Crippen molar-refractivity contribution in [2.45, 2.75) is 122 Å². The van der Waals surface area contributed by atoms with Crippen LogP contribution in [0.1, 0.15) is 121 Å². The maximum absolute atomic E-state index is 12.7. The third-order valence-corrected chi connectivity index (χ3v) is 9.43. The molecule has 1 aromatic heterocycles. The van der Waals surface area contributed by atoms with Gasteiger partial charge < -0.3 is 10.6 Å². The van der Waals surface area contributed by atoms with Crippen molar-refractivity contribution in [3.63, 3.8) is 0 Å². The van der Waals surface area contributed by atoms with Crippen molar-refractivity contribution in [1.29, 1.82) is 0 Å². The molecule has 2 aromatic rings. The van der Waals surface area contributed by atoms with Gasteiger partial charge in [0.15, 0.2) is 18.4 Å². The number of likely N-dealkylation sites (tertiary alicyclic amines) is 1. The molecule has 2 N–H and O–H groups in total.